The van der Waals surface area contributed by atoms with Crippen LogP contribution in [0.15, 0.2) is 42.6 Å². The topological polar surface area (TPSA) is 104 Å². The van der Waals surface area contributed by atoms with E-state index in [2.05, 4.69) is 31.1 Å². The number of H-pyrrole nitrogens is 1. The van der Waals surface area contributed by atoms with Crippen molar-refractivity contribution in [2.75, 3.05) is 18.4 Å². The van der Waals surface area contributed by atoms with Gasteiger partial charge in [-0.1, -0.05) is 30.3 Å². The maximum absolute atomic E-state index is 12.3. The average molecular weight is 380 g/mol. The molecule has 1 unspecified atom stereocenters. The minimum atomic E-state index is -0.311. The predicted molar refractivity (Wildman–Crippen MR) is 107 cm³/mol. The number of nitrogens with zero attached hydrogens (tertiary/aromatic N) is 2. The average Bonchev–Trinajstić information content (AvgIpc) is 3.11. The second-order valence-electron chi connectivity index (χ2n) is 6.94. The molecule has 3 heterocycles. The van der Waals surface area contributed by atoms with E-state index in [1.165, 1.54) is 0 Å². The highest BCUT2D eigenvalue weighted by Gasteiger charge is 2.18. The number of urea groups is 1. The number of rotatable bonds is 5. The number of hydrogen-bond donors (Lipinski definition) is 4. The third-order valence-electron chi connectivity index (χ3n) is 4.87. The SMILES string of the molecule is CC(NC(=O)Nc1cc2[nH]nc(OC3CCNCC3)c2cn1)c1ccccc1. The number of piperidine rings is 1. The maximum atomic E-state index is 12.3. The maximum Gasteiger partial charge on any atom is 0.320 e. The van der Waals surface area contributed by atoms with Gasteiger partial charge in [0.25, 0.3) is 0 Å². The number of carbonyl (C=O) groups is 1. The summed E-state index contributed by atoms with van der Waals surface area (Å²) in [6.45, 7) is 3.84. The van der Waals surface area contributed by atoms with Crippen molar-refractivity contribution >= 4 is 22.8 Å². The minimum Gasteiger partial charge on any atom is -0.473 e. The number of aromatic nitrogens is 3. The molecule has 0 bridgehead atoms. The van der Waals surface area contributed by atoms with Crippen LogP contribution in [0.5, 0.6) is 5.88 Å². The zero-order valence-corrected chi connectivity index (χ0v) is 15.7. The van der Waals surface area contributed by atoms with Gasteiger partial charge in [-0.05, 0) is 38.4 Å². The van der Waals surface area contributed by atoms with Crippen LogP contribution < -0.4 is 20.7 Å². The first-order valence-corrected chi connectivity index (χ1v) is 9.53. The molecule has 8 heteroatoms. The molecule has 28 heavy (non-hydrogen) atoms. The van der Waals surface area contributed by atoms with E-state index < -0.39 is 0 Å². The van der Waals surface area contributed by atoms with Crippen LogP contribution in [-0.2, 0) is 0 Å². The molecule has 1 atom stereocenters. The fourth-order valence-electron chi connectivity index (χ4n) is 3.29. The molecule has 4 rings (SSSR count). The highest BCUT2D eigenvalue weighted by molar-refractivity contribution is 5.92. The highest BCUT2D eigenvalue weighted by atomic mass is 16.5. The van der Waals surface area contributed by atoms with Crippen LogP contribution in [-0.4, -0.2) is 40.4 Å². The fraction of sp³-hybridized carbons (Fsp3) is 0.350. The molecule has 1 aliphatic heterocycles. The van der Waals surface area contributed by atoms with E-state index in [4.69, 9.17) is 4.74 Å². The molecule has 0 spiro atoms. The van der Waals surface area contributed by atoms with Crippen LogP contribution in [0.2, 0.25) is 0 Å². The lowest BCUT2D eigenvalue weighted by molar-refractivity contribution is 0.157. The quantitative estimate of drug-likeness (QED) is 0.545. The smallest absolute Gasteiger partial charge is 0.320 e. The van der Waals surface area contributed by atoms with E-state index in [1.54, 1.807) is 12.3 Å². The third-order valence-corrected chi connectivity index (χ3v) is 4.87. The van der Waals surface area contributed by atoms with Crippen LogP contribution in [0.4, 0.5) is 10.6 Å². The van der Waals surface area contributed by atoms with Crippen molar-refractivity contribution in [3.8, 4) is 5.88 Å². The van der Waals surface area contributed by atoms with E-state index in [1.807, 2.05) is 37.3 Å². The summed E-state index contributed by atoms with van der Waals surface area (Å²) in [6.07, 6.45) is 3.75. The number of hydrogen-bond acceptors (Lipinski definition) is 5. The number of carbonyl (C=O) groups excluding carboxylic acids is 1. The van der Waals surface area contributed by atoms with Gasteiger partial charge in [0.2, 0.25) is 5.88 Å². The summed E-state index contributed by atoms with van der Waals surface area (Å²) in [6, 6.07) is 11.1. The first-order chi connectivity index (χ1) is 13.7. The lowest BCUT2D eigenvalue weighted by Crippen LogP contribution is -2.34. The van der Waals surface area contributed by atoms with Crippen molar-refractivity contribution in [3.63, 3.8) is 0 Å². The molecule has 0 saturated carbocycles. The first-order valence-electron chi connectivity index (χ1n) is 9.53. The predicted octanol–water partition coefficient (Wildman–Crippen LogP) is 2.97. The van der Waals surface area contributed by atoms with Gasteiger partial charge in [0.15, 0.2) is 0 Å². The number of nitrogens with one attached hydrogen (secondary N) is 4. The number of benzene rings is 1. The van der Waals surface area contributed by atoms with Gasteiger partial charge >= 0.3 is 6.03 Å². The first kappa shape index (κ1) is 18.2. The monoisotopic (exact) mass is 380 g/mol. The van der Waals surface area contributed by atoms with Gasteiger partial charge in [-0.3, -0.25) is 10.4 Å². The van der Waals surface area contributed by atoms with E-state index in [0.29, 0.717) is 11.7 Å². The largest absolute Gasteiger partial charge is 0.473 e. The van der Waals surface area contributed by atoms with Crippen molar-refractivity contribution in [2.45, 2.75) is 31.9 Å². The summed E-state index contributed by atoms with van der Waals surface area (Å²) in [5.74, 6) is 1.01. The van der Waals surface area contributed by atoms with Crippen LogP contribution in [0.25, 0.3) is 10.9 Å². The van der Waals surface area contributed by atoms with Gasteiger partial charge in [-0.2, -0.15) is 0 Å². The molecule has 1 fully saturated rings. The van der Waals surface area contributed by atoms with Gasteiger partial charge in [-0.15, -0.1) is 5.10 Å². The molecule has 0 radical (unpaired) electrons. The summed E-state index contributed by atoms with van der Waals surface area (Å²) in [5.41, 5.74) is 1.81. The van der Waals surface area contributed by atoms with E-state index >= 15 is 0 Å². The summed E-state index contributed by atoms with van der Waals surface area (Å²) in [5, 5.41) is 17.0. The summed E-state index contributed by atoms with van der Waals surface area (Å²) in [4.78, 5) is 16.6. The lowest BCUT2D eigenvalue weighted by atomic mass is 10.1. The second kappa shape index (κ2) is 8.26. The zero-order chi connectivity index (χ0) is 19.3. The van der Waals surface area contributed by atoms with Crippen molar-refractivity contribution < 1.29 is 9.53 Å². The Bertz CT molecular complexity index is 936. The van der Waals surface area contributed by atoms with Gasteiger partial charge in [0, 0.05) is 12.3 Å². The highest BCUT2D eigenvalue weighted by Crippen LogP contribution is 2.25. The van der Waals surface area contributed by atoms with Gasteiger partial charge in [-0.25, -0.2) is 9.78 Å². The third kappa shape index (κ3) is 4.23. The Labute approximate surface area is 163 Å². The van der Waals surface area contributed by atoms with Crippen LogP contribution >= 0.6 is 0 Å². The summed E-state index contributed by atoms with van der Waals surface area (Å²) >= 11 is 0. The molecule has 2 amide bonds. The van der Waals surface area contributed by atoms with Gasteiger partial charge in [0.1, 0.15) is 11.9 Å². The molecule has 146 valence electrons. The minimum absolute atomic E-state index is 0.109. The zero-order valence-electron chi connectivity index (χ0n) is 15.7. The number of anilines is 1. The lowest BCUT2D eigenvalue weighted by Gasteiger charge is -2.22. The Kier molecular flexibility index (Phi) is 5.38. The number of ether oxygens (including phenoxy) is 1. The number of amides is 2. The van der Waals surface area contributed by atoms with Gasteiger partial charge in [0.05, 0.1) is 16.9 Å². The number of aromatic amines is 1. The Hall–Kier alpha value is -3.13. The number of fused-ring (bicyclic) bond motifs is 1. The summed E-state index contributed by atoms with van der Waals surface area (Å²) < 4.78 is 6.01. The molecular weight excluding hydrogens is 356 g/mol. The van der Waals surface area contributed by atoms with Crippen LogP contribution in [0.1, 0.15) is 31.4 Å². The molecule has 8 nitrogen and oxygen atoms in total. The standard InChI is InChI=1S/C20H24N6O2/c1-13(14-5-3-2-4-6-14)23-20(27)24-18-11-17-16(12-22-18)19(26-25-17)28-15-7-9-21-10-8-15/h2-6,11-13,15,21H,7-10H2,1H3,(H,25,26)(H2,22,23,24,27). The van der Waals surface area contributed by atoms with Crippen molar-refractivity contribution in [3.05, 3.63) is 48.2 Å². The molecule has 2 aromatic heterocycles. The molecular formula is C20H24N6O2. The van der Waals surface area contributed by atoms with E-state index in [9.17, 15) is 4.79 Å². The van der Waals surface area contributed by atoms with Crippen molar-refractivity contribution in [2.24, 2.45) is 0 Å². The van der Waals surface area contributed by atoms with Gasteiger partial charge < -0.3 is 15.4 Å². The van der Waals surface area contributed by atoms with E-state index in [-0.39, 0.29) is 18.2 Å². The summed E-state index contributed by atoms with van der Waals surface area (Å²) in [7, 11) is 0. The van der Waals surface area contributed by atoms with E-state index in [0.717, 1.165) is 42.4 Å². The number of pyridine rings is 1. The molecule has 3 aromatic rings. The Morgan fingerprint density at radius 3 is 2.82 bits per heavy atom. The van der Waals surface area contributed by atoms with Crippen LogP contribution in [0, 0.1) is 0 Å². The fourth-order valence-corrected chi connectivity index (χ4v) is 3.29. The Balaban J connectivity index is 1.40. The Morgan fingerprint density at radius 1 is 1.25 bits per heavy atom. The Morgan fingerprint density at radius 2 is 2.04 bits per heavy atom. The molecule has 0 aliphatic carbocycles. The van der Waals surface area contributed by atoms with Crippen LogP contribution in [0.3, 0.4) is 0 Å². The molecule has 4 N–H and O–H groups in total. The molecule has 1 aliphatic rings. The molecule has 1 saturated heterocycles. The second-order valence-corrected chi connectivity index (χ2v) is 6.94. The molecule has 1 aromatic carbocycles. The normalized spacial score (nSPS) is 15.9. The van der Waals surface area contributed by atoms with Crippen molar-refractivity contribution in [1.82, 2.24) is 25.8 Å². The van der Waals surface area contributed by atoms with Crippen molar-refractivity contribution in [1.29, 1.82) is 0 Å².